The molecule has 21 heavy (non-hydrogen) atoms. The quantitative estimate of drug-likeness (QED) is 0.857. The highest BCUT2D eigenvalue weighted by molar-refractivity contribution is 6.33. The number of hydrogen-bond donors (Lipinski definition) is 1. The second-order valence-electron chi connectivity index (χ2n) is 4.97. The van der Waals surface area contributed by atoms with Gasteiger partial charge in [-0.25, -0.2) is 0 Å². The van der Waals surface area contributed by atoms with Gasteiger partial charge < -0.3 is 14.8 Å². The minimum Gasteiger partial charge on any atom is -0.493 e. The lowest BCUT2D eigenvalue weighted by molar-refractivity contribution is 0.355. The summed E-state index contributed by atoms with van der Waals surface area (Å²) in [7, 11) is 3.20. The molecule has 0 amide bonds. The summed E-state index contributed by atoms with van der Waals surface area (Å²) in [4.78, 5) is 0. The van der Waals surface area contributed by atoms with Crippen LogP contribution in [0, 0.1) is 6.92 Å². The van der Waals surface area contributed by atoms with Crippen molar-refractivity contribution in [1.82, 2.24) is 0 Å². The molecule has 0 spiro atoms. The average Bonchev–Trinajstić information content (AvgIpc) is 2.48. The molecule has 0 heterocycles. The first kappa shape index (κ1) is 15.5. The van der Waals surface area contributed by atoms with Crippen LogP contribution in [0.2, 0.25) is 5.02 Å². The van der Waals surface area contributed by atoms with Crippen molar-refractivity contribution in [2.75, 3.05) is 19.5 Å². The third kappa shape index (κ3) is 3.61. The van der Waals surface area contributed by atoms with Gasteiger partial charge in [0, 0.05) is 18.2 Å². The zero-order valence-corrected chi connectivity index (χ0v) is 13.5. The molecule has 4 heteroatoms. The van der Waals surface area contributed by atoms with Crippen LogP contribution >= 0.6 is 11.6 Å². The Labute approximate surface area is 130 Å². The first-order valence-electron chi connectivity index (χ1n) is 6.79. The second-order valence-corrected chi connectivity index (χ2v) is 5.37. The largest absolute Gasteiger partial charge is 0.493 e. The molecule has 0 fully saturated rings. The Balaban J connectivity index is 2.26. The van der Waals surface area contributed by atoms with Crippen LogP contribution in [0.25, 0.3) is 0 Å². The van der Waals surface area contributed by atoms with Crippen LogP contribution in [0.4, 0.5) is 5.69 Å². The Morgan fingerprint density at radius 2 is 1.71 bits per heavy atom. The number of anilines is 1. The molecule has 2 aromatic carbocycles. The molecule has 0 saturated carbocycles. The number of methoxy groups -OCH3 is 2. The van der Waals surface area contributed by atoms with Gasteiger partial charge in [0.1, 0.15) is 0 Å². The standard InChI is InChI=1S/C17H20ClNO2/c1-11-6-5-7-13(8-11)12(2)19-15-10-17(21-4)16(20-3)9-14(15)18/h5-10,12,19H,1-4H3. The van der Waals surface area contributed by atoms with Gasteiger partial charge in [-0.2, -0.15) is 0 Å². The fourth-order valence-corrected chi connectivity index (χ4v) is 2.43. The monoisotopic (exact) mass is 305 g/mol. The third-order valence-electron chi connectivity index (χ3n) is 3.39. The van der Waals surface area contributed by atoms with Crippen LogP contribution in [0.1, 0.15) is 24.1 Å². The highest BCUT2D eigenvalue weighted by Gasteiger charge is 2.12. The smallest absolute Gasteiger partial charge is 0.162 e. The Hall–Kier alpha value is -1.87. The van der Waals surface area contributed by atoms with E-state index >= 15 is 0 Å². The summed E-state index contributed by atoms with van der Waals surface area (Å²) in [5.74, 6) is 1.28. The van der Waals surface area contributed by atoms with Crippen LogP contribution in [-0.2, 0) is 0 Å². The van der Waals surface area contributed by atoms with Crippen molar-refractivity contribution in [3.63, 3.8) is 0 Å². The maximum absolute atomic E-state index is 6.30. The molecule has 1 atom stereocenters. The van der Waals surface area contributed by atoms with Crippen LogP contribution in [0.3, 0.4) is 0 Å². The molecule has 1 unspecified atom stereocenters. The Kier molecular flexibility index (Phi) is 4.97. The molecule has 1 N–H and O–H groups in total. The fourth-order valence-electron chi connectivity index (χ4n) is 2.22. The van der Waals surface area contributed by atoms with E-state index in [9.17, 15) is 0 Å². The molecule has 0 aliphatic heterocycles. The van der Waals surface area contributed by atoms with E-state index < -0.39 is 0 Å². The van der Waals surface area contributed by atoms with E-state index in [1.807, 2.05) is 6.07 Å². The minimum absolute atomic E-state index is 0.139. The van der Waals surface area contributed by atoms with E-state index in [0.29, 0.717) is 16.5 Å². The van der Waals surface area contributed by atoms with Gasteiger partial charge in [-0.3, -0.25) is 0 Å². The number of nitrogens with one attached hydrogen (secondary N) is 1. The Morgan fingerprint density at radius 1 is 1.05 bits per heavy atom. The molecule has 2 rings (SSSR count). The van der Waals surface area contributed by atoms with Gasteiger partial charge in [0.15, 0.2) is 11.5 Å². The average molecular weight is 306 g/mol. The predicted octanol–water partition coefficient (Wildman–Crippen LogP) is 4.84. The predicted molar refractivity (Wildman–Crippen MR) is 87.8 cm³/mol. The number of benzene rings is 2. The third-order valence-corrected chi connectivity index (χ3v) is 3.70. The van der Waals surface area contributed by atoms with Gasteiger partial charge in [-0.1, -0.05) is 41.4 Å². The van der Waals surface area contributed by atoms with E-state index in [2.05, 4.69) is 43.4 Å². The summed E-state index contributed by atoms with van der Waals surface area (Å²) in [6.07, 6.45) is 0. The zero-order chi connectivity index (χ0) is 15.4. The van der Waals surface area contributed by atoms with E-state index in [0.717, 1.165) is 5.69 Å². The zero-order valence-electron chi connectivity index (χ0n) is 12.7. The Morgan fingerprint density at radius 3 is 2.33 bits per heavy atom. The van der Waals surface area contributed by atoms with Crippen molar-refractivity contribution < 1.29 is 9.47 Å². The molecule has 0 aliphatic rings. The van der Waals surface area contributed by atoms with E-state index in [1.54, 1.807) is 20.3 Å². The summed E-state index contributed by atoms with van der Waals surface area (Å²) in [5.41, 5.74) is 3.27. The fraction of sp³-hybridized carbons (Fsp3) is 0.294. The highest BCUT2D eigenvalue weighted by atomic mass is 35.5. The Bertz CT molecular complexity index is 628. The minimum atomic E-state index is 0.139. The topological polar surface area (TPSA) is 30.5 Å². The highest BCUT2D eigenvalue weighted by Crippen LogP contribution is 2.37. The van der Waals surface area contributed by atoms with Gasteiger partial charge in [0.25, 0.3) is 0 Å². The molecule has 112 valence electrons. The molecular weight excluding hydrogens is 286 g/mol. The van der Waals surface area contributed by atoms with E-state index in [-0.39, 0.29) is 6.04 Å². The van der Waals surface area contributed by atoms with Gasteiger partial charge in [-0.05, 0) is 19.4 Å². The molecule has 3 nitrogen and oxygen atoms in total. The normalized spacial score (nSPS) is 11.9. The van der Waals surface area contributed by atoms with Crippen LogP contribution < -0.4 is 14.8 Å². The van der Waals surface area contributed by atoms with Crippen LogP contribution in [0.5, 0.6) is 11.5 Å². The number of ether oxygens (including phenoxy) is 2. The van der Waals surface area contributed by atoms with Crippen LogP contribution in [-0.4, -0.2) is 14.2 Å². The summed E-state index contributed by atoms with van der Waals surface area (Å²) in [6, 6.07) is 12.1. The summed E-state index contributed by atoms with van der Waals surface area (Å²) < 4.78 is 10.6. The van der Waals surface area contributed by atoms with Crippen molar-refractivity contribution in [3.8, 4) is 11.5 Å². The molecule has 0 radical (unpaired) electrons. The van der Waals surface area contributed by atoms with Crippen molar-refractivity contribution >= 4 is 17.3 Å². The van der Waals surface area contributed by atoms with Crippen molar-refractivity contribution in [3.05, 3.63) is 52.5 Å². The van der Waals surface area contributed by atoms with Crippen molar-refractivity contribution in [2.45, 2.75) is 19.9 Å². The summed E-state index contributed by atoms with van der Waals surface area (Å²) in [6.45, 7) is 4.18. The maximum atomic E-state index is 6.30. The molecule has 0 bridgehead atoms. The van der Waals surface area contributed by atoms with Gasteiger partial charge >= 0.3 is 0 Å². The van der Waals surface area contributed by atoms with Gasteiger partial charge in [-0.15, -0.1) is 0 Å². The molecular formula is C17H20ClNO2. The van der Waals surface area contributed by atoms with E-state index in [1.165, 1.54) is 11.1 Å². The second kappa shape index (κ2) is 6.72. The molecule has 0 saturated heterocycles. The molecule has 0 aliphatic carbocycles. The number of halogens is 1. The lowest BCUT2D eigenvalue weighted by Gasteiger charge is -2.19. The summed E-state index contributed by atoms with van der Waals surface area (Å²) >= 11 is 6.30. The SMILES string of the molecule is COc1cc(Cl)c(NC(C)c2cccc(C)c2)cc1OC. The van der Waals surface area contributed by atoms with Crippen molar-refractivity contribution in [1.29, 1.82) is 0 Å². The number of aryl methyl sites for hydroxylation is 1. The van der Waals surface area contributed by atoms with Gasteiger partial charge in [0.05, 0.1) is 24.9 Å². The van der Waals surface area contributed by atoms with Crippen molar-refractivity contribution in [2.24, 2.45) is 0 Å². The first-order valence-corrected chi connectivity index (χ1v) is 7.17. The maximum Gasteiger partial charge on any atom is 0.162 e. The van der Waals surface area contributed by atoms with Crippen LogP contribution in [0.15, 0.2) is 36.4 Å². The molecule has 0 aromatic heterocycles. The molecule has 2 aromatic rings. The van der Waals surface area contributed by atoms with E-state index in [4.69, 9.17) is 21.1 Å². The number of hydrogen-bond acceptors (Lipinski definition) is 3. The summed E-state index contributed by atoms with van der Waals surface area (Å²) in [5, 5.41) is 4.02. The van der Waals surface area contributed by atoms with Gasteiger partial charge in [0.2, 0.25) is 0 Å². The number of rotatable bonds is 5. The first-order chi connectivity index (χ1) is 10.0. The lowest BCUT2D eigenvalue weighted by Crippen LogP contribution is -2.07. The lowest BCUT2D eigenvalue weighted by atomic mass is 10.1.